The largest absolute Gasteiger partial charge is 0.502 e. The van der Waals surface area contributed by atoms with Gasteiger partial charge in [-0.05, 0) is 25.3 Å². The molecule has 0 aliphatic rings. The highest BCUT2D eigenvalue weighted by atomic mass is 16.6. The number of rotatable bonds is 8. The Balaban J connectivity index is 2.32. The summed E-state index contributed by atoms with van der Waals surface area (Å²) >= 11 is 0. The number of benzene rings is 1. The van der Waals surface area contributed by atoms with Crippen LogP contribution in [-0.2, 0) is 4.79 Å². The first-order valence-corrected chi connectivity index (χ1v) is 5.82. The van der Waals surface area contributed by atoms with Crippen LogP contribution >= 0.6 is 0 Å². The van der Waals surface area contributed by atoms with Gasteiger partial charge in [-0.2, -0.15) is 0 Å². The maximum atomic E-state index is 10.5. The van der Waals surface area contributed by atoms with Crippen molar-refractivity contribution in [3.05, 3.63) is 28.3 Å². The van der Waals surface area contributed by atoms with E-state index in [9.17, 15) is 20.0 Å². The number of carboxylic acid groups (broad SMARTS) is 1. The van der Waals surface area contributed by atoms with E-state index in [0.29, 0.717) is 25.2 Å². The first-order chi connectivity index (χ1) is 9.00. The first kappa shape index (κ1) is 14.7. The Labute approximate surface area is 109 Å². The van der Waals surface area contributed by atoms with Crippen molar-refractivity contribution in [1.29, 1.82) is 0 Å². The molecular weight excluding hydrogens is 254 g/mol. The molecule has 7 nitrogen and oxygen atoms in total. The second-order valence-electron chi connectivity index (χ2n) is 3.96. The standard InChI is InChI=1S/C12H15NO6/c14-11-8-9(5-6-10(11)13(17)18)19-7-3-1-2-4-12(15)16/h5-6,8,14H,1-4,7H2,(H,15,16). The highest BCUT2D eigenvalue weighted by Gasteiger charge is 2.13. The minimum Gasteiger partial charge on any atom is -0.502 e. The molecule has 0 aliphatic heterocycles. The van der Waals surface area contributed by atoms with Crippen molar-refractivity contribution in [2.75, 3.05) is 6.61 Å². The molecule has 104 valence electrons. The molecule has 19 heavy (non-hydrogen) atoms. The Morgan fingerprint density at radius 3 is 2.63 bits per heavy atom. The first-order valence-electron chi connectivity index (χ1n) is 5.82. The Hall–Kier alpha value is -2.31. The van der Waals surface area contributed by atoms with Gasteiger partial charge >= 0.3 is 11.7 Å². The van der Waals surface area contributed by atoms with E-state index in [0.717, 1.165) is 6.42 Å². The van der Waals surface area contributed by atoms with Crippen molar-refractivity contribution >= 4 is 11.7 Å². The summed E-state index contributed by atoms with van der Waals surface area (Å²) < 4.78 is 5.30. The second-order valence-corrected chi connectivity index (χ2v) is 3.96. The molecule has 0 heterocycles. The fraction of sp³-hybridized carbons (Fsp3) is 0.417. The molecule has 1 aromatic rings. The summed E-state index contributed by atoms with van der Waals surface area (Å²) in [4.78, 5) is 20.1. The maximum Gasteiger partial charge on any atom is 0.310 e. The smallest absolute Gasteiger partial charge is 0.310 e. The minimum absolute atomic E-state index is 0.137. The fourth-order valence-electron chi connectivity index (χ4n) is 1.49. The predicted molar refractivity (Wildman–Crippen MR) is 66.4 cm³/mol. The van der Waals surface area contributed by atoms with E-state index in [4.69, 9.17) is 9.84 Å². The van der Waals surface area contributed by atoms with E-state index in [2.05, 4.69) is 0 Å². The Kier molecular flexibility index (Phi) is 5.59. The van der Waals surface area contributed by atoms with Gasteiger partial charge in [0.15, 0.2) is 5.75 Å². The normalized spacial score (nSPS) is 10.1. The number of phenols is 1. The van der Waals surface area contributed by atoms with Crippen LogP contribution in [0.5, 0.6) is 11.5 Å². The number of phenolic OH excluding ortho intramolecular Hbond substituents is 1. The van der Waals surface area contributed by atoms with Gasteiger partial charge in [0.1, 0.15) is 5.75 Å². The zero-order valence-corrected chi connectivity index (χ0v) is 10.2. The molecule has 0 fully saturated rings. The molecular formula is C12H15NO6. The summed E-state index contributed by atoms with van der Waals surface area (Å²) in [7, 11) is 0. The Morgan fingerprint density at radius 2 is 2.05 bits per heavy atom. The summed E-state index contributed by atoms with van der Waals surface area (Å²) in [6, 6.07) is 3.78. The average molecular weight is 269 g/mol. The lowest BCUT2D eigenvalue weighted by Gasteiger charge is -2.06. The van der Waals surface area contributed by atoms with Gasteiger partial charge in [0.2, 0.25) is 0 Å². The molecule has 0 radical (unpaired) electrons. The summed E-state index contributed by atoms with van der Waals surface area (Å²) in [5.41, 5.74) is -0.367. The SMILES string of the molecule is O=C(O)CCCCCOc1ccc([N+](=O)[O-])c(O)c1. The highest BCUT2D eigenvalue weighted by molar-refractivity contribution is 5.66. The Bertz CT molecular complexity index is 460. The number of ether oxygens (including phenoxy) is 1. The zero-order valence-electron chi connectivity index (χ0n) is 10.2. The van der Waals surface area contributed by atoms with Crippen LogP contribution in [0.1, 0.15) is 25.7 Å². The van der Waals surface area contributed by atoms with Gasteiger partial charge in [-0.25, -0.2) is 0 Å². The lowest BCUT2D eigenvalue weighted by molar-refractivity contribution is -0.385. The van der Waals surface area contributed by atoms with Crippen molar-refractivity contribution in [2.24, 2.45) is 0 Å². The second kappa shape index (κ2) is 7.20. The number of aromatic hydroxyl groups is 1. The van der Waals surface area contributed by atoms with Crippen LogP contribution in [0.15, 0.2) is 18.2 Å². The average Bonchev–Trinajstić information content (AvgIpc) is 2.32. The summed E-state index contributed by atoms with van der Waals surface area (Å²) in [6.07, 6.45) is 2.14. The van der Waals surface area contributed by atoms with Crippen LogP contribution in [0, 0.1) is 10.1 Å². The van der Waals surface area contributed by atoms with Gasteiger partial charge in [-0.15, -0.1) is 0 Å². The number of aliphatic carboxylic acids is 1. The lowest BCUT2D eigenvalue weighted by Crippen LogP contribution is -1.99. The highest BCUT2D eigenvalue weighted by Crippen LogP contribution is 2.29. The molecule has 0 atom stereocenters. The number of nitro groups is 1. The lowest BCUT2D eigenvalue weighted by atomic mass is 10.2. The molecule has 0 saturated heterocycles. The summed E-state index contributed by atoms with van der Waals surface area (Å²) in [6.45, 7) is 0.372. The topological polar surface area (TPSA) is 110 Å². The van der Waals surface area contributed by atoms with Crippen LogP contribution < -0.4 is 4.74 Å². The molecule has 0 unspecified atom stereocenters. The molecule has 0 saturated carbocycles. The molecule has 0 amide bonds. The van der Waals surface area contributed by atoms with Crippen LogP contribution in [0.3, 0.4) is 0 Å². The molecule has 0 bridgehead atoms. The van der Waals surface area contributed by atoms with Crippen LogP contribution in [0.2, 0.25) is 0 Å². The minimum atomic E-state index is -0.818. The third-order valence-corrected chi connectivity index (χ3v) is 2.45. The van der Waals surface area contributed by atoms with Crippen molar-refractivity contribution in [3.63, 3.8) is 0 Å². The van der Waals surface area contributed by atoms with E-state index >= 15 is 0 Å². The summed E-state index contributed by atoms with van der Waals surface area (Å²) in [5.74, 6) is -0.907. The van der Waals surface area contributed by atoms with Gasteiger partial charge < -0.3 is 14.9 Å². The maximum absolute atomic E-state index is 10.5. The zero-order chi connectivity index (χ0) is 14.3. The third kappa shape index (κ3) is 5.24. The van der Waals surface area contributed by atoms with Gasteiger partial charge in [0.25, 0.3) is 0 Å². The number of carboxylic acids is 1. The number of hydrogen-bond donors (Lipinski definition) is 2. The van der Waals surface area contributed by atoms with E-state index in [1.54, 1.807) is 0 Å². The molecule has 0 spiro atoms. The molecule has 1 rings (SSSR count). The molecule has 0 aromatic heterocycles. The van der Waals surface area contributed by atoms with Gasteiger partial charge in [0, 0.05) is 18.6 Å². The van der Waals surface area contributed by atoms with Crippen molar-refractivity contribution < 1.29 is 24.7 Å². The third-order valence-electron chi connectivity index (χ3n) is 2.45. The quantitative estimate of drug-likeness (QED) is 0.425. The molecule has 1 aromatic carbocycles. The van der Waals surface area contributed by atoms with Crippen LogP contribution in [-0.4, -0.2) is 27.7 Å². The number of hydrogen-bond acceptors (Lipinski definition) is 5. The van der Waals surface area contributed by atoms with Crippen LogP contribution in [0.4, 0.5) is 5.69 Å². The number of unbranched alkanes of at least 4 members (excludes halogenated alkanes) is 2. The van der Waals surface area contributed by atoms with Gasteiger partial charge in [0.05, 0.1) is 11.5 Å². The molecule has 0 aliphatic carbocycles. The fourth-order valence-corrected chi connectivity index (χ4v) is 1.49. The van der Waals surface area contributed by atoms with Crippen molar-refractivity contribution in [3.8, 4) is 11.5 Å². The number of carbonyl (C=O) groups is 1. The molecule has 2 N–H and O–H groups in total. The molecule has 7 heteroatoms. The van der Waals surface area contributed by atoms with Gasteiger partial charge in [-0.3, -0.25) is 14.9 Å². The predicted octanol–water partition coefficient (Wildman–Crippen LogP) is 2.32. The van der Waals surface area contributed by atoms with E-state index in [1.807, 2.05) is 0 Å². The number of nitro benzene ring substituents is 1. The van der Waals surface area contributed by atoms with Crippen molar-refractivity contribution in [2.45, 2.75) is 25.7 Å². The van der Waals surface area contributed by atoms with E-state index in [1.165, 1.54) is 18.2 Å². The number of nitrogens with zero attached hydrogens (tertiary/aromatic N) is 1. The Morgan fingerprint density at radius 1 is 1.32 bits per heavy atom. The van der Waals surface area contributed by atoms with E-state index in [-0.39, 0.29) is 12.1 Å². The monoisotopic (exact) mass is 269 g/mol. The van der Waals surface area contributed by atoms with Gasteiger partial charge in [-0.1, -0.05) is 0 Å². The summed E-state index contributed by atoms with van der Waals surface area (Å²) in [5, 5.41) is 28.3. The van der Waals surface area contributed by atoms with Crippen molar-refractivity contribution in [1.82, 2.24) is 0 Å². The van der Waals surface area contributed by atoms with E-state index < -0.39 is 16.6 Å². The van der Waals surface area contributed by atoms with Crippen LogP contribution in [0.25, 0.3) is 0 Å².